The van der Waals surface area contributed by atoms with Crippen molar-refractivity contribution >= 4 is 17.5 Å². The Bertz CT molecular complexity index is 402. The van der Waals surface area contributed by atoms with Gasteiger partial charge in [-0.3, -0.25) is 9.59 Å². The Morgan fingerprint density at radius 2 is 2.07 bits per heavy atom. The van der Waals surface area contributed by atoms with Crippen molar-refractivity contribution < 1.29 is 14.3 Å². The smallest absolute Gasteiger partial charge is 0.250 e. The van der Waals surface area contributed by atoms with E-state index in [1.807, 2.05) is 0 Å². The van der Waals surface area contributed by atoms with E-state index < -0.39 is 5.91 Å². The van der Waals surface area contributed by atoms with Crippen molar-refractivity contribution in [3.8, 4) is 5.75 Å². The second kappa shape index (κ2) is 4.45. The highest BCUT2D eigenvalue weighted by molar-refractivity contribution is 6.02. The van der Waals surface area contributed by atoms with Crippen molar-refractivity contribution in [2.75, 3.05) is 12.4 Å². The van der Waals surface area contributed by atoms with Gasteiger partial charge in [0, 0.05) is 13.0 Å². The van der Waals surface area contributed by atoms with Gasteiger partial charge in [-0.05, 0) is 12.1 Å². The van der Waals surface area contributed by atoms with E-state index >= 15 is 0 Å². The SMILES string of the molecule is COc1ccc(C(N)=O)c(NC(C)=O)c1. The molecule has 2 amide bonds. The third-order valence-electron chi connectivity index (χ3n) is 1.80. The van der Waals surface area contributed by atoms with E-state index in [1.165, 1.54) is 20.1 Å². The molecule has 80 valence electrons. The van der Waals surface area contributed by atoms with E-state index in [0.29, 0.717) is 11.4 Å². The standard InChI is InChI=1S/C10H12N2O3/c1-6(13)12-9-5-7(15-2)3-4-8(9)10(11)14/h3-5H,1-2H3,(H2,11,14)(H,12,13). The molecular weight excluding hydrogens is 196 g/mol. The molecule has 0 saturated carbocycles. The van der Waals surface area contributed by atoms with Crippen LogP contribution in [0.3, 0.4) is 0 Å². The van der Waals surface area contributed by atoms with E-state index in [0.717, 1.165) is 0 Å². The molecule has 0 heterocycles. The van der Waals surface area contributed by atoms with Gasteiger partial charge in [-0.2, -0.15) is 0 Å². The minimum absolute atomic E-state index is 0.256. The summed E-state index contributed by atoms with van der Waals surface area (Å²) < 4.78 is 4.97. The normalized spacial score (nSPS) is 9.47. The second-order valence-corrected chi connectivity index (χ2v) is 2.96. The number of nitrogens with one attached hydrogen (secondary N) is 1. The minimum Gasteiger partial charge on any atom is -0.497 e. The van der Waals surface area contributed by atoms with Gasteiger partial charge in [0.15, 0.2) is 0 Å². The summed E-state index contributed by atoms with van der Waals surface area (Å²) in [4.78, 5) is 21.9. The Morgan fingerprint density at radius 3 is 2.53 bits per heavy atom. The second-order valence-electron chi connectivity index (χ2n) is 2.96. The van der Waals surface area contributed by atoms with Gasteiger partial charge >= 0.3 is 0 Å². The van der Waals surface area contributed by atoms with Crippen LogP contribution >= 0.6 is 0 Å². The highest BCUT2D eigenvalue weighted by Gasteiger charge is 2.10. The number of hydrogen-bond donors (Lipinski definition) is 2. The Hall–Kier alpha value is -2.04. The summed E-state index contributed by atoms with van der Waals surface area (Å²) in [5.74, 6) is -0.323. The maximum Gasteiger partial charge on any atom is 0.250 e. The van der Waals surface area contributed by atoms with Crippen LogP contribution in [0.4, 0.5) is 5.69 Å². The molecule has 15 heavy (non-hydrogen) atoms. The van der Waals surface area contributed by atoms with Crippen molar-refractivity contribution in [2.24, 2.45) is 5.73 Å². The zero-order valence-corrected chi connectivity index (χ0v) is 8.53. The molecule has 5 heteroatoms. The summed E-state index contributed by atoms with van der Waals surface area (Å²) in [5, 5.41) is 2.51. The van der Waals surface area contributed by atoms with Crippen molar-refractivity contribution in [2.45, 2.75) is 6.92 Å². The van der Waals surface area contributed by atoms with Gasteiger partial charge in [0.2, 0.25) is 5.91 Å². The number of carbonyl (C=O) groups excluding carboxylic acids is 2. The lowest BCUT2D eigenvalue weighted by atomic mass is 10.1. The van der Waals surface area contributed by atoms with Gasteiger partial charge in [0.05, 0.1) is 18.4 Å². The fourth-order valence-electron chi connectivity index (χ4n) is 1.16. The molecule has 1 aromatic carbocycles. The fourth-order valence-corrected chi connectivity index (χ4v) is 1.16. The molecule has 0 atom stereocenters. The molecule has 0 saturated heterocycles. The molecule has 1 aromatic rings. The number of carbonyl (C=O) groups is 2. The molecule has 0 radical (unpaired) electrons. The van der Waals surface area contributed by atoms with E-state index in [2.05, 4.69) is 5.32 Å². The molecule has 0 aliphatic carbocycles. The van der Waals surface area contributed by atoms with Gasteiger partial charge in [-0.1, -0.05) is 0 Å². The molecule has 0 bridgehead atoms. The topological polar surface area (TPSA) is 81.4 Å². The predicted molar refractivity (Wildman–Crippen MR) is 55.8 cm³/mol. The maximum atomic E-state index is 11.0. The third-order valence-corrected chi connectivity index (χ3v) is 1.80. The van der Waals surface area contributed by atoms with Crippen LogP contribution in [-0.2, 0) is 4.79 Å². The van der Waals surface area contributed by atoms with Crippen LogP contribution in [0.25, 0.3) is 0 Å². The molecule has 0 unspecified atom stereocenters. The number of anilines is 1. The summed E-state index contributed by atoms with van der Waals surface area (Å²) >= 11 is 0. The highest BCUT2D eigenvalue weighted by atomic mass is 16.5. The number of rotatable bonds is 3. The summed E-state index contributed by atoms with van der Waals surface area (Å²) in [5.41, 5.74) is 5.76. The van der Waals surface area contributed by atoms with Gasteiger partial charge in [-0.25, -0.2) is 0 Å². The van der Waals surface area contributed by atoms with Crippen molar-refractivity contribution in [1.82, 2.24) is 0 Å². The summed E-state index contributed by atoms with van der Waals surface area (Å²) in [6, 6.07) is 4.65. The summed E-state index contributed by atoms with van der Waals surface area (Å²) in [6.07, 6.45) is 0. The van der Waals surface area contributed by atoms with Crippen LogP contribution in [-0.4, -0.2) is 18.9 Å². The van der Waals surface area contributed by atoms with E-state index in [-0.39, 0.29) is 11.5 Å². The fraction of sp³-hybridized carbons (Fsp3) is 0.200. The summed E-state index contributed by atoms with van der Waals surface area (Å²) in [6.45, 7) is 1.35. The number of methoxy groups -OCH3 is 1. The average molecular weight is 208 g/mol. The lowest BCUT2D eigenvalue weighted by molar-refractivity contribution is -0.114. The van der Waals surface area contributed by atoms with E-state index in [9.17, 15) is 9.59 Å². The van der Waals surface area contributed by atoms with Crippen LogP contribution in [0.1, 0.15) is 17.3 Å². The number of primary amides is 1. The molecule has 0 aliphatic rings. The first-order chi connectivity index (χ1) is 7.04. The Labute approximate surface area is 87.2 Å². The van der Waals surface area contributed by atoms with Crippen LogP contribution in [0.5, 0.6) is 5.75 Å². The van der Waals surface area contributed by atoms with Gasteiger partial charge in [-0.15, -0.1) is 0 Å². The quantitative estimate of drug-likeness (QED) is 0.769. The zero-order chi connectivity index (χ0) is 11.4. The molecule has 0 fully saturated rings. The van der Waals surface area contributed by atoms with Crippen LogP contribution in [0.15, 0.2) is 18.2 Å². The summed E-state index contributed by atoms with van der Waals surface area (Å²) in [7, 11) is 1.50. The van der Waals surface area contributed by atoms with E-state index in [4.69, 9.17) is 10.5 Å². The molecule has 1 rings (SSSR count). The van der Waals surface area contributed by atoms with E-state index in [1.54, 1.807) is 12.1 Å². The molecule has 5 nitrogen and oxygen atoms in total. The van der Waals surface area contributed by atoms with Crippen LogP contribution in [0.2, 0.25) is 0 Å². The Kier molecular flexibility index (Phi) is 3.28. The Balaban J connectivity index is 3.16. The van der Waals surface area contributed by atoms with Gasteiger partial charge in [0.1, 0.15) is 5.75 Å². The van der Waals surface area contributed by atoms with Gasteiger partial charge < -0.3 is 15.8 Å². The molecule has 0 aromatic heterocycles. The first-order valence-electron chi connectivity index (χ1n) is 4.30. The van der Waals surface area contributed by atoms with Crippen molar-refractivity contribution in [1.29, 1.82) is 0 Å². The predicted octanol–water partition coefficient (Wildman–Crippen LogP) is 0.752. The largest absolute Gasteiger partial charge is 0.497 e. The maximum absolute atomic E-state index is 11.0. The van der Waals surface area contributed by atoms with Crippen molar-refractivity contribution in [3.63, 3.8) is 0 Å². The number of amides is 2. The first-order valence-corrected chi connectivity index (χ1v) is 4.30. The number of ether oxygens (including phenoxy) is 1. The van der Waals surface area contributed by atoms with Crippen LogP contribution in [0, 0.1) is 0 Å². The number of nitrogens with two attached hydrogens (primary N) is 1. The number of hydrogen-bond acceptors (Lipinski definition) is 3. The van der Waals surface area contributed by atoms with Crippen molar-refractivity contribution in [3.05, 3.63) is 23.8 Å². The zero-order valence-electron chi connectivity index (χ0n) is 8.53. The minimum atomic E-state index is -0.596. The molecular formula is C10H12N2O3. The van der Waals surface area contributed by atoms with Crippen LogP contribution < -0.4 is 15.8 Å². The molecule has 0 spiro atoms. The lowest BCUT2D eigenvalue weighted by Crippen LogP contribution is -2.16. The monoisotopic (exact) mass is 208 g/mol. The Morgan fingerprint density at radius 1 is 1.40 bits per heavy atom. The average Bonchev–Trinajstić information content (AvgIpc) is 2.16. The highest BCUT2D eigenvalue weighted by Crippen LogP contribution is 2.22. The third kappa shape index (κ3) is 2.70. The van der Waals surface area contributed by atoms with Gasteiger partial charge in [0.25, 0.3) is 5.91 Å². The number of benzene rings is 1. The molecule has 3 N–H and O–H groups in total. The first kappa shape index (κ1) is 11.0. The molecule has 0 aliphatic heterocycles. The lowest BCUT2D eigenvalue weighted by Gasteiger charge is -2.08.